The van der Waals surface area contributed by atoms with Crippen molar-refractivity contribution in [3.8, 4) is 0 Å². The van der Waals surface area contributed by atoms with E-state index < -0.39 is 0 Å². The van der Waals surface area contributed by atoms with Crippen LogP contribution in [0.4, 0.5) is 0 Å². The van der Waals surface area contributed by atoms with E-state index in [2.05, 4.69) is 10.2 Å². The van der Waals surface area contributed by atoms with Gasteiger partial charge in [0.25, 0.3) is 5.56 Å². The molecule has 2 heterocycles. The van der Waals surface area contributed by atoms with Crippen LogP contribution >= 0.6 is 11.8 Å². The van der Waals surface area contributed by atoms with Crippen molar-refractivity contribution in [2.45, 2.75) is 19.0 Å². The highest BCUT2D eigenvalue weighted by molar-refractivity contribution is 7.99. The summed E-state index contributed by atoms with van der Waals surface area (Å²) in [5.74, 6) is 0.826. The van der Waals surface area contributed by atoms with Gasteiger partial charge < -0.3 is 4.90 Å². The van der Waals surface area contributed by atoms with Crippen LogP contribution in [-0.2, 0) is 11.8 Å². The number of nitrogens with zero attached hydrogens (tertiary/aromatic N) is 5. The average molecular weight is 345 g/mol. The minimum atomic E-state index is -0.110. The summed E-state index contributed by atoms with van der Waals surface area (Å²) in [7, 11) is 1.67. The van der Waals surface area contributed by atoms with Crippen molar-refractivity contribution in [3.05, 3.63) is 34.6 Å². The van der Waals surface area contributed by atoms with Gasteiger partial charge in [-0.3, -0.25) is 18.6 Å². The molecule has 3 aromatic rings. The van der Waals surface area contributed by atoms with Crippen LogP contribution < -0.4 is 5.56 Å². The van der Waals surface area contributed by atoms with Crippen molar-refractivity contribution in [3.63, 3.8) is 0 Å². The summed E-state index contributed by atoms with van der Waals surface area (Å²) in [5.41, 5.74) is 0.639. The Balaban J connectivity index is 2.04. The van der Waals surface area contributed by atoms with E-state index in [0.717, 1.165) is 5.52 Å². The Kier molecular flexibility index (Phi) is 4.57. The van der Waals surface area contributed by atoms with E-state index in [4.69, 9.17) is 0 Å². The van der Waals surface area contributed by atoms with Crippen LogP contribution in [0.1, 0.15) is 13.8 Å². The van der Waals surface area contributed by atoms with Gasteiger partial charge in [-0.2, -0.15) is 0 Å². The Morgan fingerprint density at radius 2 is 1.92 bits per heavy atom. The van der Waals surface area contributed by atoms with Crippen molar-refractivity contribution < 1.29 is 4.79 Å². The summed E-state index contributed by atoms with van der Waals surface area (Å²) >= 11 is 1.34. The molecule has 0 aliphatic carbocycles. The normalized spacial score (nSPS) is 11.3. The predicted octanol–water partition coefficient (Wildman–Crippen LogP) is 1.54. The van der Waals surface area contributed by atoms with Crippen molar-refractivity contribution in [1.82, 2.24) is 24.1 Å². The van der Waals surface area contributed by atoms with E-state index in [1.807, 2.05) is 36.4 Å². The number of carbonyl (C=O) groups is 1. The lowest BCUT2D eigenvalue weighted by Gasteiger charge is -2.17. The fraction of sp³-hybridized carbons (Fsp3) is 0.375. The van der Waals surface area contributed by atoms with Gasteiger partial charge in [0.05, 0.1) is 16.7 Å². The Bertz CT molecular complexity index is 958. The first kappa shape index (κ1) is 16.5. The average Bonchev–Trinajstić information content (AvgIpc) is 3.03. The second kappa shape index (κ2) is 6.64. The zero-order valence-electron chi connectivity index (χ0n) is 13.9. The van der Waals surface area contributed by atoms with Gasteiger partial charge in [-0.05, 0) is 26.0 Å². The molecule has 2 aromatic heterocycles. The predicted molar refractivity (Wildman–Crippen MR) is 94.4 cm³/mol. The lowest BCUT2D eigenvalue weighted by molar-refractivity contribution is -0.127. The van der Waals surface area contributed by atoms with Gasteiger partial charge >= 0.3 is 0 Å². The van der Waals surface area contributed by atoms with E-state index >= 15 is 0 Å². The second-order valence-electron chi connectivity index (χ2n) is 5.35. The van der Waals surface area contributed by atoms with E-state index in [1.54, 1.807) is 18.0 Å². The quantitative estimate of drug-likeness (QED) is 0.656. The number of amides is 1. The maximum Gasteiger partial charge on any atom is 0.262 e. The third-order valence-corrected chi connectivity index (χ3v) is 4.95. The van der Waals surface area contributed by atoms with Crippen molar-refractivity contribution in [2.24, 2.45) is 7.05 Å². The number of benzene rings is 1. The van der Waals surface area contributed by atoms with Crippen molar-refractivity contribution in [1.29, 1.82) is 0 Å². The molecule has 0 spiro atoms. The Labute approximate surface area is 143 Å². The molecular weight excluding hydrogens is 326 g/mol. The van der Waals surface area contributed by atoms with Gasteiger partial charge in [0.2, 0.25) is 11.7 Å². The number of thioether (sulfide) groups is 1. The molecule has 7 nitrogen and oxygen atoms in total. The van der Waals surface area contributed by atoms with Gasteiger partial charge in [-0.25, -0.2) is 0 Å². The van der Waals surface area contributed by atoms with Gasteiger partial charge in [0, 0.05) is 20.1 Å². The smallest absolute Gasteiger partial charge is 0.262 e. The van der Waals surface area contributed by atoms with Crippen LogP contribution in [0.2, 0.25) is 0 Å². The van der Waals surface area contributed by atoms with E-state index in [9.17, 15) is 9.59 Å². The molecule has 1 amide bonds. The first-order chi connectivity index (χ1) is 11.6. The maximum absolute atomic E-state index is 12.4. The minimum Gasteiger partial charge on any atom is -0.343 e. The Morgan fingerprint density at radius 3 is 2.62 bits per heavy atom. The van der Waals surface area contributed by atoms with Gasteiger partial charge in [0.15, 0.2) is 5.16 Å². The van der Waals surface area contributed by atoms with Crippen molar-refractivity contribution in [2.75, 3.05) is 18.8 Å². The fourth-order valence-electron chi connectivity index (χ4n) is 2.70. The fourth-order valence-corrected chi connectivity index (χ4v) is 3.54. The molecular formula is C16H19N5O2S. The number of carbonyl (C=O) groups excluding carboxylic acids is 1. The minimum absolute atomic E-state index is 0.0656. The molecule has 0 unspecified atom stereocenters. The second-order valence-corrected chi connectivity index (χ2v) is 6.30. The van der Waals surface area contributed by atoms with Gasteiger partial charge in [-0.15, -0.1) is 10.2 Å². The molecule has 1 aromatic carbocycles. The van der Waals surface area contributed by atoms with Crippen LogP contribution in [-0.4, -0.2) is 48.8 Å². The van der Waals surface area contributed by atoms with Crippen LogP contribution in [0.3, 0.4) is 0 Å². The lowest BCUT2D eigenvalue weighted by atomic mass is 10.2. The van der Waals surface area contributed by atoms with E-state index in [0.29, 0.717) is 35.2 Å². The number of hydrogen-bond donors (Lipinski definition) is 0. The molecule has 0 N–H and O–H groups in total. The highest BCUT2D eigenvalue weighted by atomic mass is 32.2. The number of aryl methyl sites for hydroxylation is 1. The molecule has 0 aliphatic rings. The standard InChI is InChI=1S/C16H19N5O2S/c1-4-20(5-2)13(22)10-24-16-18-17-15-19(3)14(23)11-8-6-7-9-12(11)21(15)16/h6-9H,4-5,10H2,1-3H3. The summed E-state index contributed by atoms with van der Waals surface area (Å²) in [4.78, 5) is 26.4. The zero-order valence-corrected chi connectivity index (χ0v) is 14.7. The highest BCUT2D eigenvalue weighted by Gasteiger charge is 2.17. The molecule has 24 heavy (non-hydrogen) atoms. The topological polar surface area (TPSA) is 72.5 Å². The summed E-state index contributed by atoms with van der Waals surface area (Å²) < 4.78 is 3.31. The molecule has 0 saturated heterocycles. The largest absolute Gasteiger partial charge is 0.343 e. The number of para-hydroxylation sites is 1. The van der Waals surface area contributed by atoms with Crippen LogP contribution in [0.25, 0.3) is 16.7 Å². The Morgan fingerprint density at radius 1 is 1.21 bits per heavy atom. The Hall–Kier alpha value is -2.35. The van der Waals surface area contributed by atoms with Crippen LogP contribution in [0.15, 0.2) is 34.2 Å². The number of fused-ring (bicyclic) bond motifs is 3. The molecule has 0 aliphatic heterocycles. The monoisotopic (exact) mass is 345 g/mol. The number of aromatic nitrogens is 4. The SMILES string of the molecule is CCN(CC)C(=O)CSc1nnc2n(C)c(=O)c3ccccc3n12. The molecule has 0 fully saturated rings. The zero-order chi connectivity index (χ0) is 17.3. The molecule has 0 bridgehead atoms. The third-order valence-electron chi connectivity index (χ3n) is 4.04. The molecule has 3 rings (SSSR count). The molecule has 126 valence electrons. The van der Waals surface area contributed by atoms with Crippen LogP contribution in [0.5, 0.6) is 0 Å². The summed E-state index contributed by atoms with van der Waals surface area (Å²) in [5, 5.41) is 9.51. The first-order valence-electron chi connectivity index (χ1n) is 7.81. The van der Waals surface area contributed by atoms with E-state index in [1.165, 1.54) is 16.3 Å². The van der Waals surface area contributed by atoms with Gasteiger partial charge in [0.1, 0.15) is 0 Å². The third kappa shape index (κ3) is 2.66. The van der Waals surface area contributed by atoms with Crippen molar-refractivity contribution >= 4 is 34.3 Å². The van der Waals surface area contributed by atoms with E-state index in [-0.39, 0.29) is 11.5 Å². The lowest BCUT2D eigenvalue weighted by Crippen LogP contribution is -2.31. The molecule has 8 heteroatoms. The highest BCUT2D eigenvalue weighted by Crippen LogP contribution is 2.21. The maximum atomic E-state index is 12.4. The molecule has 0 atom stereocenters. The van der Waals surface area contributed by atoms with Crippen LogP contribution in [0, 0.1) is 0 Å². The number of rotatable bonds is 5. The number of hydrogen-bond acceptors (Lipinski definition) is 5. The molecule has 0 saturated carbocycles. The van der Waals surface area contributed by atoms with Gasteiger partial charge in [-0.1, -0.05) is 23.9 Å². The molecule has 0 radical (unpaired) electrons. The summed E-state index contributed by atoms with van der Waals surface area (Å²) in [6.07, 6.45) is 0. The summed E-state index contributed by atoms with van der Waals surface area (Å²) in [6, 6.07) is 7.35. The summed E-state index contributed by atoms with van der Waals surface area (Å²) in [6.45, 7) is 5.30. The first-order valence-corrected chi connectivity index (χ1v) is 8.80.